The van der Waals surface area contributed by atoms with Crippen LogP contribution in [0.4, 0.5) is 0 Å². The van der Waals surface area contributed by atoms with Crippen molar-refractivity contribution in [3.63, 3.8) is 0 Å². The highest BCUT2D eigenvalue weighted by Gasteiger charge is 2.25. The maximum Gasteiger partial charge on any atom is 0.158 e. The predicted molar refractivity (Wildman–Crippen MR) is 57.1 cm³/mol. The lowest BCUT2D eigenvalue weighted by molar-refractivity contribution is -0.118. The Labute approximate surface area is 84.5 Å². The number of allylic oxidation sites excluding steroid dienone is 2. The fraction of sp³-hybridized carbons (Fsp3) is 0.308. The molecule has 0 saturated heterocycles. The van der Waals surface area contributed by atoms with Crippen molar-refractivity contribution < 1.29 is 4.79 Å². The lowest BCUT2D eigenvalue weighted by Crippen LogP contribution is -2.20. The Balaban J connectivity index is 2.28. The summed E-state index contributed by atoms with van der Waals surface area (Å²) in [4.78, 5) is 11.5. The average molecular weight is 186 g/mol. The highest BCUT2D eigenvalue weighted by Crippen LogP contribution is 2.31. The SMILES string of the molecule is C[C@H]1C(=O)C=CC[C@H]1c1ccccc1. The molecule has 2 atom stereocenters. The normalized spacial score (nSPS) is 26.5. The van der Waals surface area contributed by atoms with Gasteiger partial charge in [-0.25, -0.2) is 0 Å². The monoisotopic (exact) mass is 186 g/mol. The van der Waals surface area contributed by atoms with Crippen molar-refractivity contribution in [3.05, 3.63) is 48.0 Å². The third-order valence-electron chi connectivity index (χ3n) is 2.95. The summed E-state index contributed by atoms with van der Waals surface area (Å²) in [6.45, 7) is 2.02. The summed E-state index contributed by atoms with van der Waals surface area (Å²) >= 11 is 0. The van der Waals surface area contributed by atoms with Gasteiger partial charge in [0, 0.05) is 5.92 Å². The molecule has 1 nitrogen and oxygen atoms in total. The Morgan fingerprint density at radius 3 is 2.64 bits per heavy atom. The van der Waals surface area contributed by atoms with Gasteiger partial charge in [-0.05, 0) is 24.0 Å². The first-order chi connectivity index (χ1) is 6.79. The summed E-state index contributed by atoms with van der Waals surface area (Å²) < 4.78 is 0. The Kier molecular flexibility index (Phi) is 2.49. The Bertz CT molecular complexity index is 351. The Morgan fingerprint density at radius 2 is 1.93 bits per heavy atom. The molecular weight excluding hydrogens is 172 g/mol. The van der Waals surface area contributed by atoms with E-state index in [1.165, 1.54) is 5.56 Å². The molecule has 0 saturated carbocycles. The molecule has 1 heteroatoms. The molecule has 1 aliphatic rings. The fourth-order valence-corrected chi connectivity index (χ4v) is 2.01. The zero-order chi connectivity index (χ0) is 9.97. The highest BCUT2D eigenvalue weighted by molar-refractivity contribution is 5.93. The number of ketones is 1. The molecule has 2 rings (SSSR count). The van der Waals surface area contributed by atoms with Gasteiger partial charge in [0.2, 0.25) is 0 Å². The Hall–Kier alpha value is -1.37. The maximum atomic E-state index is 11.5. The number of rotatable bonds is 1. The number of benzene rings is 1. The van der Waals surface area contributed by atoms with Crippen LogP contribution in [0.2, 0.25) is 0 Å². The molecule has 0 spiro atoms. The van der Waals surface area contributed by atoms with Gasteiger partial charge in [-0.15, -0.1) is 0 Å². The van der Waals surface area contributed by atoms with Gasteiger partial charge in [0.1, 0.15) is 0 Å². The van der Waals surface area contributed by atoms with Crippen LogP contribution in [-0.2, 0) is 4.79 Å². The van der Waals surface area contributed by atoms with Crippen LogP contribution in [0.5, 0.6) is 0 Å². The van der Waals surface area contributed by atoms with Crippen molar-refractivity contribution in [2.24, 2.45) is 5.92 Å². The fourth-order valence-electron chi connectivity index (χ4n) is 2.01. The first-order valence-electron chi connectivity index (χ1n) is 5.04. The van der Waals surface area contributed by atoms with E-state index in [1.807, 2.05) is 31.2 Å². The van der Waals surface area contributed by atoms with Crippen LogP contribution < -0.4 is 0 Å². The van der Waals surface area contributed by atoms with Crippen LogP contribution in [0.1, 0.15) is 24.8 Å². The van der Waals surface area contributed by atoms with Crippen molar-refractivity contribution in [2.75, 3.05) is 0 Å². The summed E-state index contributed by atoms with van der Waals surface area (Å²) in [5, 5.41) is 0. The molecule has 0 amide bonds. The van der Waals surface area contributed by atoms with E-state index < -0.39 is 0 Å². The van der Waals surface area contributed by atoms with Crippen molar-refractivity contribution in [3.8, 4) is 0 Å². The van der Waals surface area contributed by atoms with Gasteiger partial charge in [0.05, 0.1) is 0 Å². The highest BCUT2D eigenvalue weighted by atomic mass is 16.1. The molecule has 0 aliphatic heterocycles. The molecule has 0 fully saturated rings. The van der Waals surface area contributed by atoms with Gasteiger partial charge in [0.15, 0.2) is 5.78 Å². The van der Waals surface area contributed by atoms with Gasteiger partial charge in [-0.1, -0.05) is 43.3 Å². The minimum absolute atomic E-state index is 0.127. The van der Waals surface area contributed by atoms with E-state index in [0.29, 0.717) is 5.92 Å². The van der Waals surface area contributed by atoms with Crippen LogP contribution in [-0.4, -0.2) is 5.78 Å². The van der Waals surface area contributed by atoms with E-state index in [2.05, 4.69) is 12.1 Å². The molecule has 0 radical (unpaired) electrons. The number of carbonyl (C=O) groups is 1. The molecule has 1 aromatic rings. The van der Waals surface area contributed by atoms with Crippen molar-refractivity contribution in [1.82, 2.24) is 0 Å². The van der Waals surface area contributed by atoms with Gasteiger partial charge in [0.25, 0.3) is 0 Å². The molecule has 0 N–H and O–H groups in total. The standard InChI is InChI=1S/C13H14O/c1-10-12(8-5-9-13(10)14)11-6-3-2-4-7-11/h2-7,9-10,12H,8H2,1H3/t10-,12-/m1/s1. The van der Waals surface area contributed by atoms with Crippen LogP contribution >= 0.6 is 0 Å². The van der Waals surface area contributed by atoms with Crippen molar-refractivity contribution in [1.29, 1.82) is 0 Å². The van der Waals surface area contributed by atoms with E-state index in [4.69, 9.17) is 0 Å². The van der Waals surface area contributed by atoms with Gasteiger partial charge in [-0.2, -0.15) is 0 Å². The lowest BCUT2D eigenvalue weighted by Gasteiger charge is -2.24. The molecule has 0 bridgehead atoms. The van der Waals surface area contributed by atoms with Crippen LogP contribution in [0.25, 0.3) is 0 Å². The zero-order valence-electron chi connectivity index (χ0n) is 8.31. The van der Waals surface area contributed by atoms with Gasteiger partial charge >= 0.3 is 0 Å². The van der Waals surface area contributed by atoms with Gasteiger partial charge < -0.3 is 0 Å². The third-order valence-corrected chi connectivity index (χ3v) is 2.95. The summed E-state index contributed by atoms with van der Waals surface area (Å²) in [7, 11) is 0. The second-order valence-electron chi connectivity index (χ2n) is 3.85. The smallest absolute Gasteiger partial charge is 0.158 e. The molecule has 1 aliphatic carbocycles. The molecule has 0 aromatic heterocycles. The van der Waals surface area contributed by atoms with Crippen LogP contribution in [0.15, 0.2) is 42.5 Å². The van der Waals surface area contributed by atoms with E-state index in [9.17, 15) is 4.79 Å². The summed E-state index contributed by atoms with van der Waals surface area (Å²) in [6.07, 6.45) is 4.68. The molecule has 1 aromatic carbocycles. The first kappa shape index (κ1) is 9.20. The number of hydrogen-bond donors (Lipinski definition) is 0. The largest absolute Gasteiger partial charge is 0.295 e. The minimum atomic E-state index is 0.127. The van der Waals surface area contributed by atoms with E-state index in [1.54, 1.807) is 6.08 Å². The zero-order valence-corrected chi connectivity index (χ0v) is 8.31. The average Bonchev–Trinajstić information content (AvgIpc) is 2.23. The molecule has 0 heterocycles. The predicted octanol–water partition coefficient (Wildman–Crippen LogP) is 2.94. The number of carbonyl (C=O) groups excluding carboxylic acids is 1. The first-order valence-corrected chi connectivity index (χ1v) is 5.04. The van der Waals surface area contributed by atoms with Crippen LogP contribution in [0, 0.1) is 5.92 Å². The van der Waals surface area contributed by atoms with E-state index in [0.717, 1.165) is 6.42 Å². The van der Waals surface area contributed by atoms with Gasteiger partial charge in [-0.3, -0.25) is 4.79 Å². The molecule has 72 valence electrons. The van der Waals surface area contributed by atoms with Crippen LogP contribution in [0.3, 0.4) is 0 Å². The van der Waals surface area contributed by atoms with Crippen molar-refractivity contribution in [2.45, 2.75) is 19.3 Å². The molecular formula is C13H14O. The third kappa shape index (κ3) is 1.63. The second kappa shape index (κ2) is 3.79. The van der Waals surface area contributed by atoms with E-state index >= 15 is 0 Å². The summed E-state index contributed by atoms with van der Waals surface area (Å²) in [5.41, 5.74) is 1.28. The number of hydrogen-bond acceptors (Lipinski definition) is 1. The summed E-state index contributed by atoms with van der Waals surface area (Å²) in [6, 6.07) is 10.3. The second-order valence-corrected chi connectivity index (χ2v) is 3.85. The molecule has 14 heavy (non-hydrogen) atoms. The quantitative estimate of drug-likeness (QED) is 0.659. The van der Waals surface area contributed by atoms with Crippen molar-refractivity contribution >= 4 is 5.78 Å². The Morgan fingerprint density at radius 1 is 1.21 bits per heavy atom. The lowest BCUT2D eigenvalue weighted by atomic mass is 9.79. The molecule has 0 unspecified atom stereocenters. The topological polar surface area (TPSA) is 17.1 Å². The van der Waals surface area contributed by atoms with E-state index in [-0.39, 0.29) is 11.7 Å². The summed E-state index contributed by atoms with van der Waals surface area (Å²) in [5.74, 6) is 0.751. The maximum absolute atomic E-state index is 11.5. The minimum Gasteiger partial charge on any atom is -0.295 e.